The smallest absolute Gasteiger partial charge is 0.314 e. The predicted molar refractivity (Wildman–Crippen MR) is 35.0 cm³/mol. The first-order valence-corrected chi connectivity index (χ1v) is 3.42. The van der Waals surface area contributed by atoms with Gasteiger partial charge in [0.25, 0.3) is 0 Å². The fourth-order valence-electron chi connectivity index (χ4n) is 0.859. The van der Waals surface area contributed by atoms with Gasteiger partial charge in [-0.3, -0.25) is 0 Å². The van der Waals surface area contributed by atoms with Gasteiger partial charge in [-0.25, -0.2) is 0 Å². The Morgan fingerprint density at radius 3 is 2.00 bits per heavy atom. The molecule has 0 aromatic heterocycles. The lowest BCUT2D eigenvalue weighted by atomic mass is 10.3. The summed E-state index contributed by atoms with van der Waals surface area (Å²) < 4.78 is 29.7. The third-order valence-electron chi connectivity index (χ3n) is 1.31. The lowest BCUT2D eigenvalue weighted by Crippen LogP contribution is -2.16. The van der Waals surface area contributed by atoms with E-state index >= 15 is 0 Å². The van der Waals surface area contributed by atoms with Gasteiger partial charge >= 0.3 is 6.36 Å². The highest BCUT2D eigenvalue weighted by atomic mass is 19.4. The van der Waals surface area contributed by atoms with Crippen molar-refractivity contribution in [2.45, 2.75) is 32.2 Å². The van der Waals surface area contributed by atoms with Gasteiger partial charge in [0, 0.05) is 6.04 Å². The van der Waals surface area contributed by atoms with Crippen molar-refractivity contribution in [3.05, 3.63) is 0 Å². The van der Waals surface area contributed by atoms with Crippen LogP contribution in [0.1, 0.15) is 19.8 Å². The van der Waals surface area contributed by atoms with Crippen LogP contribution >= 0.6 is 0 Å². The summed E-state index contributed by atoms with van der Waals surface area (Å²) in [6.45, 7) is 3.47. The molecule has 1 unspecified atom stereocenters. The van der Waals surface area contributed by atoms with Gasteiger partial charge in [-0.2, -0.15) is 0 Å². The Balaban J connectivity index is 0.000000187. The van der Waals surface area contributed by atoms with E-state index in [4.69, 9.17) is 5.11 Å². The molecule has 0 saturated carbocycles. The van der Waals surface area contributed by atoms with E-state index in [1.807, 2.05) is 0 Å². The Hall–Kier alpha value is -0.290. The zero-order chi connectivity index (χ0) is 8.91. The maximum absolute atomic E-state index is 9.91. The van der Waals surface area contributed by atoms with Gasteiger partial charge in [0.1, 0.15) is 0 Å². The first-order valence-electron chi connectivity index (χ1n) is 3.42. The molecule has 1 saturated heterocycles. The molecule has 1 fully saturated rings. The zero-order valence-corrected chi connectivity index (χ0v) is 6.28. The molecule has 0 aliphatic carbocycles. The summed E-state index contributed by atoms with van der Waals surface area (Å²) in [6, 6.07) is 0.796. The summed E-state index contributed by atoms with van der Waals surface area (Å²) in [4.78, 5) is 0. The van der Waals surface area contributed by atoms with Crippen LogP contribution in [0.5, 0.6) is 0 Å². The third-order valence-corrected chi connectivity index (χ3v) is 1.31. The van der Waals surface area contributed by atoms with Crippen molar-refractivity contribution >= 4 is 0 Å². The molecular weight excluding hydrogens is 159 g/mol. The second kappa shape index (κ2) is 4.56. The number of rotatable bonds is 0. The molecule has 1 aliphatic rings. The van der Waals surface area contributed by atoms with Crippen molar-refractivity contribution in [2.24, 2.45) is 0 Å². The van der Waals surface area contributed by atoms with Crippen LogP contribution in [0.25, 0.3) is 0 Å². The standard InChI is InChI=1S/C5H11N.CHF3O/c1-5-3-2-4-6-5;2-1(3,4)5/h5-6H,2-4H2,1H3;5H. The van der Waals surface area contributed by atoms with Crippen LogP contribution in [0.3, 0.4) is 0 Å². The summed E-state index contributed by atoms with van der Waals surface area (Å²) in [6.07, 6.45) is -2.25. The second-order valence-electron chi connectivity index (χ2n) is 2.47. The van der Waals surface area contributed by atoms with E-state index in [1.54, 1.807) is 0 Å². The summed E-state index contributed by atoms with van der Waals surface area (Å²) in [5.41, 5.74) is 0. The van der Waals surface area contributed by atoms with Crippen LogP contribution in [-0.2, 0) is 0 Å². The van der Waals surface area contributed by atoms with Crippen molar-refractivity contribution in [2.75, 3.05) is 6.54 Å². The summed E-state index contributed by atoms with van der Waals surface area (Å²) in [7, 11) is 0. The topological polar surface area (TPSA) is 32.3 Å². The molecule has 1 rings (SSSR count). The van der Waals surface area contributed by atoms with Crippen molar-refractivity contribution in [1.82, 2.24) is 5.32 Å². The van der Waals surface area contributed by atoms with Crippen LogP contribution in [0.15, 0.2) is 0 Å². The number of hydrogen-bond donors (Lipinski definition) is 2. The van der Waals surface area contributed by atoms with Crippen LogP contribution < -0.4 is 5.32 Å². The molecule has 11 heavy (non-hydrogen) atoms. The lowest BCUT2D eigenvalue weighted by molar-refractivity contribution is -0.295. The molecule has 5 heteroatoms. The van der Waals surface area contributed by atoms with E-state index in [2.05, 4.69) is 12.2 Å². The van der Waals surface area contributed by atoms with Crippen molar-refractivity contribution < 1.29 is 18.3 Å². The van der Waals surface area contributed by atoms with E-state index < -0.39 is 6.36 Å². The molecule has 1 aliphatic heterocycles. The minimum atomic E-state index is -5.00. The molecule has 2 nitrogen and oxygen atoms in total. The van der Waals surface area contributed by atoms with E-state index in [-0.39, 0.29) is 0 Å². The van der Waals surface area contributed by atoms with Crippen molar-refractivity contribution in [3.8, 4) is 0 Å². The highest BCUT2D eigenvalue weighted by molar-refractivity contribution is 4.67. The van der Waals surface area contributed by atoms with Crippen LogP contribution in [0.2, 0.25) is 0 Å². The number of hydrogen-bond acceptors (Lipinski definition) is 2. The molecule has 0 spiro atoms. The highest BCUT2D eigenvalue weighted by Gasteiger charge is 2.20. The Morgan fingerprint density at radius 1 is 1.45 bits per heavy atom. The average molecular weight is 171 g/mol. The molecule has 1 atom stereocenters. The quantitative estimate of drug-likeness (QED) is 0.575. The minimum absolute atomic E-state index is 0.796. The molecule has 0 aromatic rings. The van der Waals surface area contributed by atoms with E-state index in [0.717, 1.165) is 6.04 Å². The molecule has 0 radical (unpaired) electrons. The monoisotopic (exact) mass is 171 g/mol. The van der Waals surface area contributed by atoms with Gasteiger partial charge < -0.3 is 10.4 Å². The lowest BCUT2D eigenvalue weighted by Gasteiger charge is -1.95. The Bertz CT molecular complexity index is 92.5. The van der Waals surface area contributed by atoms with Gasteiger partial charge in [-0.1, -0.05) is 0 Å². The number of halogens is 3. The zero-order valence-electron chi connectivity index (χ0n) is 6.28. The number of nitrogens with one attached hydrogen (secondary N) is 1. The highest BCUT2D eigenvalue weighted by Crippen LogP contribution is 2.06. The van der Waals surface area contributed by atoms with Gasteiger partial charge in [-0.05, 0) is 26.3 Å². The third kappa shape index (κ3) is 12.8. The largest absolute Gasteiger partial charge is 0.519 e. The number of aliphatic hydroxyl groups is 1. The number of alkyl halides is 3. The predicted octanol–water partition coefficient (Wildman–Crippen LogP) is 1.26. The molecule has 0 bridgehead atoms. The SMILES string of the molecule is CC1CCCN1.OC(F)(F)F. The second-order valence-corrected chi connectivity index (χ2v) is 2.47. The average Bonchev–Trinajstić information content (AvgIpc) is 2.12. The summed E-state index contributed by atoms with van der Waals surface area (Å²) >= 11 is 0. The van der Waals surface area contributed by atoms with Gasteiger partial charge in [0.15, 0.2) is 0 Å². The Labute approximate surface area is 63.4 Å². The fraction of sp³-hybridized carbons (Fsp3) is 1.00. The first kappa shape index (κ1) is 10.7. The fourth-order valence-corrected chi connectivity index (χ4v) is 0.859. The van der Waals surface area contributed by atoms with Crippen molar-refractivity contribution in [3.63, 3.8) is 0 Å². The maximum atomic E-state index is 9.91. The van der Waals surface area contributed by atoms with Gasteiger partial charge in [0.2, 0.25) is 0 Å². The minimum Gasteiger partial charge on any atom is -0.314 e. The summed E-state index contributed by atoms with van der Waals surface area (Å²) in [5, 5.41) is 9.84. The molecule has 1 heterocycles. The van der Waals surface area contributed by atoms with Crippen LogP contribution in [0.4, 0.5) is 13.2 Å². The molecule has 68 valence electrons. The van der Waals surface area contributed by atoms with E-state index in [1.165, 1.54) is 19.4 Å². The Kier molecular flexibility index (Phi) is 4.44. The van der Waals surface area contributed by atoms with Gasteiger partial charge in [-0.15, -0.1) is 13.2 Å². The van der Waals surface area contributed by atoms with E-state index in [0.29, 0.717) is 0 Å². The van der Waals surface area contributed by atoms with Crippen LogP contribution in [-0.4, -0.2) is 24.1 Å². The maximum Gasteiger partial charge on any atom is 0.519 e. The molecule has 0 aromatic carbocycles. The normalized spacial score (nSPS) is 24.3. The van der Waals surface area contributed by atoms with Gasteiger partial charge in [0.05, 0.1) is 0 Å². The van der Waals surface area contributed by atoms with Crippen molar-refractivity contribution in [1.29, 1.82) is 0 Å². The Morgan fingerprint density at radius 2 is 1.91 bits per heavy atom. The van der Waals surface area contributed by atoms with Crippen LogP contribution in [0, 0.1) is 0 Å². The molecule has 2 N–H and O–H groups in total. The molecule has 0 amide bonds. The summed E-state index contributed by atoms with van der Waals surface area (Å²) in [5.74, 6) is 0. The van der Waals surface area contributed by atoms with E-state index in [9.17, 15) is 13.2 Å². The first-order chi connectivity index (χ1) is 4.89. The molecular formula is C6H12F3NO.